The molecule has 1 N–H and O–H groups in total. The fourth-order valence-corrected chi connectivity index (χ4v) is 16.9. The van der Waals surface area contributed by atoms with Crippen LogP contribution in [0.2, 0.25) is 54.4 Å². The van der Waals surface area contributed by atoms with Gasteiger partial charge < -0.3 is 32.3 Å². The number of methoxy groups -OCH3 is 1. The molecule has 9 nitrogen and oxygen atoms in total. The van der Waals surface area contributed by atoms with Gasteiger partial charge in [0.25, 0.3) is 8.24 Å². The first-order chi connectivity index (χ1) is 26.2. The maximum Gasteiger partial charge on any atom is 0.362 e. The van der Waals surface area contributed by atoms with Crippen molar-refractivity contribution in [3.63, 3.8) is 0 Å². The molecule has 0 amide bonds. The van der Waals surface area contributed by atoms with Crippen LogP contribution >= 0.6 is 0 Å². The highest BCUT2D eigenvalue weighted by Crippen LogP contribution is 2.68. The first kappa shape index (κ1) is 47.7. The van der Waals surface area contributed by atoms with Crippen LogP contribution in [-0.4, -0.2) is 103 Å². The number of hydrogen-bond acceptors (Lipinski definition) is 7. The minimum absolute atomic E-state index is 0.0240. The standard InChI is InChI=1S/C46H81NO8Si3/c1-29-35(45(12)33(30(2)54-57(17,18)43(6,7)8)28-47(13,39(45)40(48)49)56(15,16)42(3,4)5)38-32-24-23-31-27-34(51-14)41(50)52-26-22-21-25-46(31,53-38)36(32)37(29)55-58(19,20)44(9,10)11/h21,23-25,28-32,34-39H,22,26-27H2,1-20H3/p+1/b25-21+/t29-,30+,31+,32+,34-,35-,36-,37+,38+,39?,45-,46-,47?/m0/s1. The summed E-state index contributed by atoms with van der Waals surface area (Å²) in [5.74, 6) is -1.67. The quantitative estimate of drug-likeness (QED) is 0.139. The molecular weight excluding hydrogens is 779 g/mol. The van der Waals surface area contributed by atoms with Gasteiger partial charge in [-0.15, -0.1) is 0 Å². The summed E-state index contributed by atoms with van der Waals surface area (Å²) >= 11 is 0. The van der Waals surface area contributed by atoms with Gasteiger partial charge in [-0.05, 0) is 82.0 Å². The van der Waals surface area contributed by atoms with Crippen molar-refractivity contribution in [2.24, 2.45) is 35.0 Å². The molecule has 2 unspecified atom stereocenters. The fraction of sp³-hybridized carbons (Fsp3) is 0.826. The van der Waals surface area contributed by atoms with Gasteiger partial charge in [-0.2, -0.15) is 0 Å². The molecule has 1 saturated heterocycles. The van der Waals surface area contributed by atoms with Gasteiger partial charge in [0.15, 0.2) is 28.8 Å². The molecule has 2 fully saturated rings. The van der Waals surface area contributed by atoms with E-state index in [1.165, 1.54) is 0 Å². The Morgan fingerprint density at radius 1 is 0.948 bits per heavy atom. The van der Waals surface area contributed by atoms with Crippen molar-refractivity contribution < 1.29 is 41.9 Å². The molecule has 12 heteroatoms. The number of rotatable bonds is 9. The number of carbonyl (C=O) groups is 2. The summed E-state index contributed by atoms with van der Waals surface area (Å²) in [5.41, 5.74) is -0.574. The molecule has 13 atom stereocenters. The predicted molar refractivity (Wildman–Crippen MR) is 241 cm³/mol. The smallest absolute Gasteiger partial charge is 0.362 e. The molecule has 2 aliphatic carbocycles. The van der Waals surface area contributed by atoms with E-state index in [4.69, 9.17) is 23.1 Å². The van der Waals surface area contributed by atoms with Gasteiger partial charge in [0, 0.05) is 41.4 Å². The summed E-state index contributed by atoms with van der Waals surface area (Å²) in [4.78, 5) is 27.8. The Morgan fingerprint density at radius 3 is 2.05 bits per heavy atom. The number of carboxylic acids is 1. The second kappa shape index (κ2) is 15.2. The fourth-order valence-electron chi connectivity index (χ4n) is 11.2. The van der Waals surface area contributed by atoms with Crippen LogP contribution in [0.3, 0.4) is 0 Å². The topological polar surface area (TPSA) is 101 Å². The Hall–Kier alpha value is -1.39. The Morgan fingerprint density at radius 2 is 1.53 bits per heavy atom. The van der Waals surface area contributed by atoms with E-state index in [1.807, 2.05) is 0 Å². The molecule has 330 valence electrons. The van der Waals surface area contributed by atoms with Crippen LogP contribution in [0, 0.1) is 35.0 Å². The zero-order valence-electron chi connectivity index (χ0n) is 40.0. The van der Waals surface area contributed by atoms with E-state index in [0.717, 1.165) is 5.57 Å². The lowest BCUT2D eigenvalue weighted by molar-refractivity contribution is -0.780. The molecule has 5 rings (SSSR count). The van der Waals surface area contributed by atoms with Crippen molar-refractivity contribution >= 4 is 36.8 Å². The number of hydrogen-bond donors (Lipinski definition) is 1. The Bertz CT molecular complexity index is 1690. The van der Waals surface area contributed by atoms with Gasteiger partial charge in [0.2, 0.25) is 0 Å². The molecule has 0 aromatic rings. The molecule has 0 radical (unpaired) electrons. The van der Waals surface area contributed by atoms with E-state index in [2.05, 4.69) is 160 Å². The molecule has 0 aromatic carbocycles. The molecule has 1 saturated carbocycles. The van der Waals surface area contributed by atoms with Crippen molar-refractivity contribution in [3.8, 4) is 0 Å². The average Bonchev–Trinajstić information content (AvgIpc) is 3.40. The molecule has 0 aromatic heterocycles. The first-order valence-electron chi connectivity index (χ1n) is 22.1. The second-order valence-corrected chi connectivity index (χ2v) is 38.8. The molecule has 5 aliphatic rings. The lowest BCUT2D eigenvalue weighted by Gasteiger charge is -2.57. The van der Waals surface area contributed by atoms with Crippen LogP contribution in [0.1, 0.15) is 95.9 Å². The normalized spacial score (nSPS) is 39.8. The van der Waals surface area contributed by atoms with E-state index in [1.54, 1.807) is 7.11 Å². The van der Waals surface area contributed by atoms with Gasteiger partial charge in [-0.3, -0.25) is 0 Å². The van der Waals surface area contributed by atoms with Crippen molar-refractivity contribution in [2.45, 2.75) is 186 Å². The Labute approximate surface area is 355 Å². The van der Waals surface area contributed by atoms with Crippen LogP contribution in [0.15, 0.2) is 36.1 Å². The Kier molecular flexibility index (Phi) is 12.5. The van der Waals surface area contributed by atoms with E-state index in [0.29, 0.717) is 17.0 Å². The SMILES string of the molecule is CO[C@H]1C[C@H]2C=C[C@H]3[C@H]4O[C@]2(/C=C/CCOC1=O)[C@@H]3[C@H](O[Si](C)(C)C(C)(C)C)[C@@H](C)[C@@H]4[C@]1(C)C([C@@H](C)O[Si](C)(C)C(C)(C)C)=C[N+](C)([Si](C)(C)C(C)(C)C)C1C(=O)O. The van der Waals surface area contributed by atoms with Gasteiger partial charge in [0.1, 0.15) is 0 Å². The molecule has 4 bridgehead atoms. The number of carbonyl (C=O) groups excluding carboxylic acids is 1. The molecular formula is C46H82NO8Si3+. The summed E-state index contributed by atoms with van der Waals surface area (Å²) in [6.45, 7) is 41.6. The van der Waals surface area contributed by atoms with E-state index in [9.17, 15) is 14.7 Å². The maximum atomic E-state index is 14.5. The van der Waals surface area contributed by atoms with Crippen LogP contribution in [0.4, 0.5) is 0 Å². The van der Waals surface area contributed by atoms with Gasteiger partial charge in [-0.1, -0.05) is 93.5 Å². The van der Waals surface area contributed by atoms with Crippen LogP contribution < -0.4 is 0 Å². The van der Waals surface area contributed by atoms with E-state index < -0.39 is 54.0 Å². The van der Waals surface area contributed by atoms with Crippen LogP contribution in [0.25, 0.3) is 0 Å². The number of nitrogens with zero attached hydrogens (tertiary/aromatic N) is 1. The van der Waals surface area contributed by atoms with Gasteiger partial charge in [0.05, 0.1) is 49.2 Å². The predicted octanol–water partition coefficient (Wildman–Crippen LogP) is 10.3. The third-order valence-corrected chi connectivity index (χ3v) is 33.1. The van der Waals surface area contributed by atoms with Crippen molar-refractivity contribution in [3.05, 3.63) is 36.1 Å². The number of quaternary nitrogens is 1. The number of aliphatic carboxylic acids is 1. The van der Waals surface area contributed by atoms with E-state index >= 15 is 0 Å². The molecule has 1 spiro atoms. The summed E-state index contributed by atoms with van der Waals surface area (Å²) in [7, 11) is -3.43. The van der Waals surface area contributed by atoms with Crippen molar-refractivity contribution in [2.75, 3.05) is 20.8 Å². The van der Waals surface area contributed by atoms with Crippen molar-refractivity contribution in [1.29, 1.82) is 0 Å². The number of likely N-dealkylation sites (N-methyl/N-ethyl adjacent to an activating group) is 1. The van der Waals surface area contributed by atoms with E-state index in [-0.39, 0.29) is 75.6 Å². The number of carboxylic acid groups (broad SMARTS) is 1. The summed E-state index contributed by atoms with van der Waals surface area (Å²) < 4.78 is 34.8. The lowest BCUT2D eigenvalue weighted by atomic mass is 9.51. The summed E-state index contributed by atoms with van der Waals surface area (Å²) in [6.07, 6.45) is 10.7. The van der Waals surface area contributed by atoms with Gasteiger partial charge in [-0.25, -0.2) is 9.59 Å². The third-order valence-electron chi connectivity index (χ3n) is 17.6. The Balaban J connectivity index is 1.82. The first-order valence-corrected chi connectivity index (χ1v) is 30.8. The number of ether oxygens (including phenoxy) is 3. The highest BCUT2D eigenvalue weighted by molar-refractivity contribution is 6.75. The summed E-state index contributed by atoms with van der Waals surface area (Å²) in [5, 5.41) is 11.7. The molecule has 3 heterocycles. The van der Waals surface area contributed by atoms with Crippen LogP contribution in [-0.2, 0) is 32.7 Å². The maximum absolute atomic E-state index is 14.5. The van der Waals surface area contributed by atoms with Crippen LogP contribution in [0.5, 0.6) is 0 Å². The zero-order valence-corrected chi connectivity index (χ0v) is 43.0. The highest BCUT2D eigenvalue weighted by atomic mass is 28.4. The minimum Gasteiger partial charge on any atom is -0.477 e. The number of cyclic esters (lactones) is 1. The molecule has 3 aliphatic heterocycles. The zero-order chi connectivity index (χ0) is 44.2. The summed E-state index contributed by atoms with van der Waals surface area (Å²) in [6, 6.07) is -0.778. The average molecular weight is 861 g/mol. The minimum atomic E-state index is -2.49. The number of esters is 1. The monoisotopic (exact) mass is 861 g/mol. The van der Waals surface area contributed by atoms with Crippen molar-refractivity contribution in [1.82, 2.24) is 0 Å². The van der Waals surface area contributed by atoms with Gasteiger partial charge >= 0.3 is 11.9 Å². The second-order valence-electron chi connectivity index (χ2n) is 23.7. The molecule has 58 heavy (non-hydrogen) atoms. The lowest BCUT2D eigenvalue weighted by Crippen LogP contribution is -2.72. The largest absolute Gasteiger partial charge is 0.477 e. The highest BCUT2D eigenvalue weighted by Gasteiger charge is 2.76. The third kappa shape index (κ3) is 7.30.